The van der Waals surface area contributed by atoms with E-state index in [9.17, 15) is 62.3 Å². The lowest BCUT2D eigenvalue weighted by Crippen LogP contribution is -2.38. The minimum Gasteiger partial charge on any atom is -0.512 e. The van der Waals surface area contributed by atoms with Crippen LogP contribution in [0, 0.1) is 0 Å². The standard InChI is InChI=1S/2C12H11NO5.C9H14O4.C5H5NO3.CH4/c2*1-6(14)2-3-7-4-10(16)18-8-5-9(15)13-12(17)11(7)8;1-3-13-9(12)6-8(11)5-4-7(2)10;7-3-1-4(8)6-5(9)2-3;/h2*4H,2-3,5H2,1H3,(H,13,15,17);3-6H2,1-2H3;1,7H,2H2,(H,6,8,9);1H4. The minimum absolute atomic E-state index is 0. The molecule has 20 heteroatoms. The van der Waals surface area contributed by atoms with Crippen LogP contribution in [0.25, 0.3) is 0 Å². The predicted octanol–water partition coefficient (Wildman–Crippen LogP) is 0.937. The SMILES string of the molecule is C.CC(=O)CCc1cc(=O)oc2c1C(=O)NC(=O)C2.CC(=O)CCc1cc(=O)oc2c1C(=O)NC(=O)C2.CCOC(=O)CC(=O)CCC(C)=O.O=C1C=C(O)CC(=O)N1. The number of ketones is 4. The van der Waals surface area contributed by atoms with Crippen molar-refractivity contribution in [3.8, 4) is 0 Å². The Balaban J connectivity index is 0.000000403. The van der Waals surface area contributed by atoms with Crippen molar-refractivity contribution in [2.45, 2.75) is 99.3 Å². The molecule has 0 unspecified atom stereocenters. The molecule has 0 aromatic carbocycles. The van der Waals surface area contributed by atoms with Gasteiger partial charge in [-0.1, -0.05) is 7.43 Å². The van der Waals surface area contributed by atoms with Gasteiger partial charge in [0.1, 0.15) is 46.8 Å². The Hall–Kier alpha value is -6.99. The first-order valence-corrected chi connectivity index (χ1v) is 17.6. The van der Waals surface area contributed by atoms with Crippen LogP contribution >= 0.6 is 0 Å². The molecule has 0 radical (unpaired) electrons. The molecule has 5 rings (SSSR count). The van der Waals surface area contributed by atoms with Crippen molar-refractivity contribution in [1.29, 1.82) is 0 Å². The average molecular weight is 828 g/mol. The molecule has 2 aromatic heterocycles. The number of hydrogen-bond donors (Lipinski definition) is 4. The van der Waals surface area contributed by atoms with Crippen molar-refractivity contribution in [2.24, 2.45) is 0 Å². The topological polar surface area (TPSA) is 314 Å². The minimum atomic E-state index is -0.616. The number of aliphatic hydroxyl groups is 1. The van der Waals surface area contributed by atoms with E-state index in [0.29, 0.717) is 11.1 Å². The number of esters is 1. The number of nitrogens with one attached hydrogen (secondary N) is 3. The number of Topliss-reactive ketones (excluding diaryl/α,β-unsaturated/α-hetero) is 4. The van der Waals surface area contributed by atoms with Crippen LogP contribution < -0.4 is 27.2 Å². The van der Waals surface area contributed by atoms with E-state index in [1.165, 1.54) is 32.9 Å². The molecular weight excluding hydrogens is 782 g/mol. The summed E-state index contributed by atoms with van der Waals surface area (Å²) >= 11 is 0. The second kappa shape index (κ2) is 23.9. The van der Waals surface area contributed by atoms with E-state index >= 15 is 0 Å². The van der Waals surface area contributed by atoms with Gasteiger partial charge in [0, 0.05) is 43.9 Å². The van der Waals surface area contributed by atoms with Gasteiger partial charge in [-0.15, -0.1) is 0 Å². The van der Waals surface area contributed by atoms with Gasteiger partial charge in [0.05, 0.1) is 37.0 Å². The van der Waals surface area contributed by atoms with Crippen molar-refractivity contribution in [2.75, 3.05) is 6.61 Å². The molecular formula is C39H45N3O17. The fraction of sp³-hybridized carbons (Fsp3) is 0.410. The zero-order valence-corrected chi connectivity index (χ0v) is 32.0. The van der Waals surface area contributed by atoms with Crippen molar-refractivity contribution in [3.05, 3.63) is 78.6 Å². The Morgan fingerprint density at radius 3 is 1.44 bits per heavy atom. The molecule has 0 atom stereocenters. The first-order valence-electron chi connectivity index (χ1n) is 17.6. The molecule has 59 heavy (non-hydrogen) atoms. The molecule has 0 spiro atoms. The highest BCUT2D eigenvalue weighted by atomic mass is 16.5. The molecule has 2 aromatic rings. The maximum absolute atomic E-state index is 11.7. The second-order valence-electron chi connectivity index (χ2n) is 12.7. The van der Waals surface area contributed by atoms with Crippen molar-refractivity contribution in [1.82, 2.24) is 16.0 Å². The maximum Gasteiger partial charge on any atom is 0.336 e. The van der Waals surface area contributed by atoms with Crippen LogP contribution in [0.2, 0.25) is 0 Å². The molecule has 0 saturated heterocycles. The van der Waals surface area contributed by atoms with Gasteiger partial charge < -0.3 is 33.1 Å². The lowest BCUT2D eigenvalue weighted by molar-refractivity contribution is -0.146. The molecule has 3 aliphatic heterocycles. The Kier molecular flexibility index (Phi) is 20.3. The van der Waals surface area contributed by atoms with Crippen LogP contribution in [0.15, 0.2) is 42.4 Å². The number of carbonyl (C=O) groups is 11. The quantitative estimate of drug-likeness (QED) is 0.131. The number of imide groups is 3. The number of ether oxygens (including phenoxy) is 1. The van der Waals surface area contributed by atoms with Gasteiger partial charge in [-0.3, -0.25) is 54.3 Å². The summed E-state index contributed by atoms with van der Waals surface area (Å²) in [6.45, 7) is 6.23. The second-order valence-corrected chi connectivity index (χ2v) is 12.7. The zero-order chi connectivity index (χ0) is 43.7. The van der Waals surface area contributed by atoms with Crippen LogP contribution in [0.5, 0.6) is 0 Å². The molecule has 20 nitrogen and oxygen atoms in total. The molecule has 4 N–H and O–H groups in total. The van der Waals surface area contributed by atoms with Crippen LogP contribution in [0.4, 0.5) is 0 Å². The third-order valence-electron chi connectivity index (χ3n) is 7.63. The molecule has 318 valence electrons. The summed E-state index contributed by atoms with van der Waals surface area (Å²) in [6.07, 6.45) is 1.78. The number of hydrogen-bond acceptors (Lipinski definition) is 17. The van der Waals surface area contributed by atoms with E-state index < -0.39 is 52.7 Å². The Morgan fingerprint density at radius 2 is 1.07 bits per heavy atom. The fourth-order valence-corrected chi connectivity index (χ4v) is 5.12. The summed E-state index contributed by atoms with van der Waals surface area (Å²) in [5.74, 6) is -4.07. The molecule has 3 aliphatic rings. The van der Waals surface area contributed by atoms with Crippen molar-refractivity contribution in [3.63, 3.8) is 0 Å². The van der Waals surface area contributed by atoms with Crippen LogP contribution in [-0.2, 0) is 73.6 Å². The lowest BCUT2D eigenvalue weighted by Gasteiger charge is -2.16. The maximum atomic E-state index is 11.7. The summed E-state index contributed by atoms with van der Waals surface area (Å²) in [5.41, 5.74) is 0.0680. The lowest BCUT2D eigenvalue weighted by atomic mass is 9.98. The third-order valence-corrected chi connectivity index (χ3v) is 7.63. The Morgan fingerprint density at radius 1 is 0.644 bits per heavy atom. The highest BCUT2D eigenvalue weighted by Gasteiger charge is 2.29. The number of aliphatic hydroxyl groups excluding tert-OH is 1. The summed E-state index contributed by atoms with van der Waals surface area (Å²) in [6, 6.07) is 2.38. The molecule has 0 fully saturated rings. The molecule has 5 heterocycles. The Bertz CT molecular complexity index is 2070. The number of aryl methyl sites for hydroxylation is 2. The molecule has 6 amide bonds. The van der Waals surface area contributed by atoms with Gasteiger partial charge in [-0.25, -0.2) is 9.59 Å². The predicted molar refractivity (Wildman–Crippen MR) is 202 cm³/mol. The van der Waals surface area contributed by atoms with E-state index in [1.54, 1.807) is 6.92 Å². The molecule has 0 saturated carbocycles. The number of amides is 6. The summed E-state index contributed by atoms with van der Waals surface area (Å²) < 4.78 is 14.3. The molecule has 0 bridgehead atoms. The van der Waals surface area contributed by atoms with E-state index in [2.05, 4.69) is 15.4 Å². The van der Waals surface area contributed by atoms with E-state index in [-0.39, 0.29) is 130 Å². The highest BCUT2D eigenvalue weighted by Crippen LogP contribution is 2.20. The van der Waals surface area contributed by atoms with Crippen LogP contribution in [0.1, 0.15) is 117 Å². The first kappa shape index (κ1) is 50.0. The Labute approximate surface area is 336 Å². The first-order chi connectivity index (χ1) is 27.2. The van der Waals surface area contributed by atoms with Gasteiger partial charge in [-0.2, -0.15) is 0 Å². The highest BCUT2D eigenvalue weighted by molar-refractivity contribution is 6.10. The monoisotopic (exact) mass is 827 g/mol. The van der Waals surface area contributed by atoms with Crippen molar-refractivity contribution < 1.29 is 71.4 Å². The average Bonchev–Trinajstić information content (AvgIpc) is 3.08. The fourth-order valence-electron chi connectivity index (χ4n) is 5.12. The van der Waals surface area contributed by atoms with E-state index in [4.69, 9.17) is 13.9 Å². The number of carbonyl (C=O) groups excluding carboxylic acids is 11. The van der Waals surface area contributed by atoms with Crippen LogP contribution in [-0.4, -0.2) is 76.3 Å². The van der Waals surface area contributed by atoms with Gasteiger partial charge in [-0.05, 0) is 51.7 Å². The molecule has 0 aliphatic carbocycles. The summed E-state index contributed by atoms with van der Waals surface area (Å²) in [4.78, 5) is 143. The van der Waals surface area contributed by atoms with E-state index in [1.807, 2.05) is 5.32 Å². The summed E-state index contributed by atoms with van der Waals surface area (Å²) in [5, 5.41) is 14.9. The van der Waals surface area contributed by atoms with Gasteiger partial charge in [0.2, 0.25) is 17.7 Å². The largest absolute Gasteiger partial charge is 0.512 e. The normalized spacial score (nSPS) is 13.5. The number of fused-ring (bicyclic) bond motifs is 2. The van der Waals surface area contributed by atoms with Gasteiger partial charge in [0.25, 0.3) is 17.7 Å². The van der Waals surface area contributed by atoms with Gasteiger partial charge in [0.15, 0.2) is 0 Å². The van der Waals surface area contributed by atoms with Crippen molar-refractivity contribution >= 4 is 64.5 Å². The van der Waals surface area contributed by atoms with Gasteiger partial charge >= 0.3 is 17.2 Å². The van der Waals surface area contributed by atoms with Crippen LogP contribution in [0.3, 0.4) is 0 Å². The summed E-state index contributed by atoms with van der Waals surface area (Å²) in [7, 11) is 0. The smallest absolute Gasteiger partial charge is 0.336 e. The van der Waals surface area contributed by atoms with E-state index in [0.717, 1.165) is 6.08 Å². The third kappa shape index (κ3) is 17.8. The number of rotatable bonds is 12. The zero-order valence-electron chi connectivity index (χ0n) is 32.0.